The number of primary sulfonamides is 1. The van der Waals surface area contributed by atoms with Crippen molar-refractivity contribution in [2.45, 2.75) is 18.0 Å². The van der Waals surface area contributed by atoms with Crippen molar-refractivity contribution < 1.29 is 21.6 Å². The first-order valence-corrected chi connectivity index (χ1v) is 8.98. The highest BCUT2D eigenvalue weighted by Gasteiger charge is 2.37. The van der Waals surface area contributed by atoms with E-state index in [1.54, 1.807) is 24.3 Å². The Morgan fingerprint density at radius 3 is 2.23 bits per heavy atom. The minimum atomic E-state index is -4.73. The lowest BCUT2D eigenvalue weighted by Gasteiger charge is -2.12. The van der Waals surface area contributed by atoms with Crippen molar-refractivity contribution in [1.82, 2.24) is 9.78 Å². The van der Waals surface area contributed by atoms with Gasteiger partial charge in [0.1, 0.15) is 10.6 Å². The maximum atomic E-state index is 13.5. The molecule has 0 fully saturated rings. The first-order chi connectivity index (χ1) is 12.1. The van der Waals surface area contributed by atoms with Crippen LogP contribution in [0.2, 0.25) is 0 Å². The molecule has 3 aromatic rings. The van der Waals surface area contributed by atoms with Crippen LogP contribution in [0.15, 0.2) is 59.5 Å². The number of hydrogen-bond donors (Lipinski definition) is 1. The number of rotatable bonds is 3. The Morgan fingerprint density at radius 1 is 1.04 bits per heavy atom. The molecule has 26 heavy (non-hydrogen) atoms. The van der Waals surface area contributed by atoms with Gasteiger partial charge in [-0.25, -0.2) is 18.2 Å². The summed E-state index contributed by atoms with van der Waals surface area (Å²) in [6.07, 6.45) is -4.73. The number of hydrogen-bond acceptors (Lipinski definition) is 3. The molecule has 0 amide bonds. The van der Waals surface area contributed by atoms with Gasteiger partial charge in [-0.2, -0.15) is 18.3 Å². The molecule has 0 bridgehead atoms. The van der Waals surface area contributed by atoms with Gasteiger partial charge in [0.15, 0.2) is 0 Å². The predicted octanol–water partition coefficient (Wildman–Crippen LogP) is 3.51. The average Bonchev–Trinajstić information content (AvgIpc) is 3.00. The quantitative estimate of drug-likeness (QED) is 0.754. The Hall–Kier alpha value is -2.65. The summed E-state index contributed by atoms with van der Waals surface area (Å²) in [6, 6.07) is 12.8. The van der Waals surface area contributed by atoms with Gasteiger partial charge in [0, 0.05) is 5.56 Å². The Balaban J connectivity index is 2.27. The third-order valence-corrected chi connectivity index (χ3v) is 4.71. The van der Waals surface area contributed by atoms with Crippen molar-refractivity contribution in [2.24, 2.45) is 5.14 Å². The van der Waals surface area contributed by atoms with Gasteiger partial charge in [-0.3, -0.25) is 0 Å². The molecular weight excluding hydrogens is 367 g/mol. The third kappa shape index (κ3) is 3.49. The smallest absolute Gasteiger partial charge is 0.227 e. The summed E-state index contributed by atoms with van der Waals surface area (Å²) in [4.78, 5) is -0.441. The number of benzene rings is 2. The number of nitrogens with two attached hydrogens (primary N) is 1. The largest absolute Gasteiger partial charge is 0.433 e. The molecule has 0 unspecified atom stereocenters. The van der Waals surface area contributed by atoms with Gasteiger partial charge >= 0.3 is 6.18 Å². The van der Waals surface area contributed by atoms with Crippen LogP contribution in [0, 0.1) is 6.92 Å². The molecule has 0 aliphatic heterocycles. The molecule has 0 radical (unpaired) electrons. The van der Waals surface area contributed by atoms with Crippen LogP contribution in [0.3, 0.4) is 0 Å². The van der Waals surface area contributed by atoms with Crippen molar-refractivity contribution in [1.29, 1.82) is 0 Å². The van der Waals surface area contributed by atoms with Crippen molar-refractivity contribution >= 4 is 10.0 Å². The number of aryl methyl sites for hydroxylation is 1. The van der Waals surface area contributed by atoms with Gasteiger partial charge in [0.05, 0.1) is 11.4 Å². The molecule has 2 N–H and O–H groups in total. The van der Waals surface area contributed by atoms with Crippen molar-refractivity contribution in [3.05, 3.63) is 65.9 Å². The number of aromatic nitrogens is 2. The van der Waals surface area contributed by atoms with Gasteiger partial charge in [-0.1, -0.05) is 42.0 Å². The molecule has 2 aromatic carbocycles. The summed E-state index contributed by atoms with van der Waals surface area (Å²) in [5.74, 6) is 0. The SMILES string of the molecule is Cc1ccc(-c2cc(C(F)(F)F)n(-c3ccccc3S(N)(=O)=O)n2)cc1. The van der Waals surface area contributed by atoms with E-state index in [0.29, 0.717) is 10.2 Å². The standard InChI is InChI=1S/C17H14F3N3O2S/c1-11-6-8-12(9-7-11)13-10-16(17(18,19)20)23(22-13)14-4-2-3-5-15(14)26(21,24)25/h2-10H,1H3,(H2,21,24,25). The van der Waals surface area contributed by atoms with Crippen molar-refractivity contribution in [3.8, 4) is 16.9 Å². The lowest BCUT2D eigenvalue weighted by atomic mass is 10.1. The third-order valence-electron chi connectivity index (χ3n) is 3.75. The lowest BCUT2D eigenvalue weighted by Crippen LogP contribution is -2.19. The summed E-state index contributed by atoms with van der Waals surface area (Å²) in [5.41, 5.74) is 0.142. The van der Waals surface area contributed by atoms with Crippen molar-refractivity contribution in [3.63, 3.8) is 0 Å². The molecule has 0 aliphatic rings. The molecule has 0 atom stereocenters. The van der Waals surface area contributed by atoms with Crippen LogP contribution in [0.5, 0.6) is 0 Å². The fourth-order valence-electron chi connectivity index (χ4n) is 2.50. The topological polar surface area (TPSA) is 78.0 Å². The average molecular weight is 381 g/mol. The first kappa shape index (κ1) is 18.2. The minimum Gasteiger partial charge on any atom is -0.227 e. The number of para-hydroxylation sites is 1. The Labute approximate surface area is 147 Å². The lowest BCUT2D eigenvalue weighted by molar-refractivity contribution is -0.142. The van der Waals surface area contributed by atoms with Gasteiger partial charge < -0.3 is 0 Å². The second kappa shape index (κ2) is 6.26. The molecule has 0 saturated heterocycles. The van der Waals surface area contributed by atoms with Gasteiger partial charge in [0.25, 0.3) is 0 Å². The zero-order valence-electron chi connectivity index (χ0n) is 13.5. The number of halogens is 3. The zero-order chi connectivity index (χ0) is 19.1. The van der Waals surface area contributed by atoms with Crippen LogP contribution < -0.4 is 5.14 Å². The minimum absolute atomic E-state index is 0.0709. The van der Waals surface area contributed by atoms with E-state index >= 15 is 0 Å². The van der Waals surface area contributed by atoms with Crippen molar-refractivity contribution in [2.75, 3.05) is 0 Å². The zero-order valence-corrected chi connectivity index (χ0v) is 14.3. The highest BCUT2D eigenvalue weighted by Crippen LogP contribution is 2.35. The normalized spacial score (nSPS) is 12.3. The van der Waals surface area contributed by atoms with E-state index in [9.17, 15) is 21.6 Å². The summed E-state index contributed by atoms with van der Waals surface area (Å²) in [7, 11) is -4.23. The second-order valence-corrected chi connectivity index (χ2v) is 7.23. The summed E-state index contributed by atoms with van der Waals surface area (Å²) in [6.45, 7) is 1.85. The van der Waals surface area contributed by atoms with E-state index < -0.39 is 26.8 Å². The number of alkyl halides is 3. The van der Waals surface area contributed by atoms with Crippen LogP contribution in [0.1, 0.15) is 11.3 Å². The molecule has 1 aromatic heterocycles. The van der Waals surface area contributed by atoms with Gasteiger partial charge in [0.2, 0.25) is 10.0 Å². The van der Waals surface area contributed by atoms with E-state index in [1.807, 2.05) is 6.92 Å². The van der Waals surface area contributed by atoms with Crippen LogP contribution in [0.4, 0.5) is 13.2 Å². The fraction of sp³-hybridized carbons (Fsp3) is 0.118. The highest BCUT2D eigenvalue weighted by atomic mass is 32.2. The monoisotopic (exact) mass is 381 g/mol. The number of nitrogens with zero attached hydrogens (tertiary/aromatic N) is 2. The van der Waals surface area contributed by atoms with E-state index in [-0.39, 0.29) is 11.4 Å². The van der Waals surface area contributed by atoms with Crippen LogP contribution in [-0.4, -0.2) is 18.2 Å². The Morgan fingerprint density at radius 2 is 1.65 bits per heavy atom. The summed E-state index contributed by atoms with van der Waals surface area (Å²) < 4.78 is 64.6. The molecular formula is C17H14F3N3O2S. The molecule has 0 saturated carbocycles. The Kier molecular flexibility index (Phi) is 4.37. The first-order valence-electron chi connectivity index (χ1n) is 7.44. The summed E-state index contributed by atoms with van der Waals surface area (Å²) >= 11 is 0. The molecule has 3 rings (SSSR count). The van der Waals surface area contributed by atoms with E-state index in [1.165, 1.54) is 18.2 Å². The van der Waals surface area contributed by atoms with Gasteiger partial charge in [-0.05, 0) is 25.1 Å². The Bertz CT molecular complexity index is 1060. The van der Waals surface area contributed by atoms with Gasteiger partial charge in [-0.15, -0.1) is 0 Å². The van der Waals surface area contributed by atoms with Crippen LogP contribution in [-0.2, 0) is 16.2 Å². The maximum Gasteiger partial charge on any atom is 0.433 e. The van der Waals surface area contributed by atoms with E-state index in [4.69, 9.17) is 5.14 Å². The molecule has 0 spiro atoms. The molecule has 136 valence electrons. The molecule has 9 heteroatoms. The fourth-order valence-corrected chi connectivity index (χ4v) is 3.22. The summed E-state index contributed by atoms with van der Waals surface area (Å²) in [5, 5.41) is 9.14. The maximum absolute atomic E-state index is 13.5. The molecule has 5 nitrogen and oxygen atoms in total. The van der Waals surface area contributed by atoms with E-state index in [0.717, 1.165) is 17.7 Å². The van der Waals surface area contributed by atoms with E-state index in [2.05, 4.69) is 5.10 Å². The molecule has 0 aliphatic carbocycles. The predicted molar refractivity (Wildman–Crippen MR) is 90.1 cm³/mol. The number of sulfonamides is 1. The molecule has 1 heterocycles. The second-order valence-electron chi connectivity index (χ2n) is 5.70. The van der Waals surface area contributed by atoms with Crippen LogP contribution >= 0.6 is 0 Å². The highest BCUT2D eigenvalue weighted by molar-refractivity contribution is 7.89. The van der Waals surface area contributed by atoms with Crippen LogP contribution in [0.25, 0.3) is 16.9 Å².